The number of nitrogens with one attached hydrogen (secondary N) is 1. The fourth-order valence-electron chi connectivity index (χ4n) is 1.58. The average molecular weight is 322 g/mol. The van der Waals surface area contributed by atoms with E-state index in [9.17, 15) is 0 Å². The molecule has 0 aliphatic heterocycles. The molecular formula is C14H16BrN3O. The topological polar surface area (TPSA) is 47.0 Å². The van der Waals surface area contributed by atoms with Crippen LogP contribution in [0.15, 0.2) is 35.1 Å². The molecule has 0 bridgehead atoms. The lowest BCUT2D eigenvalue weighted by Gasteiger charge is -2.09. The van der Waals surface area contributed by atoms with Crippen molar-refractivity contribution in [2.45, 2.75) is 20.5 Å². The molecule has 1 aromatic heterocycles. The van der Waals surface area contributed by atoms with Crippen molar-refractivity contribution in [1.82, 2.24) is 9.97 Å². The Morgan fingerprint density at radius 2 is 2.11 bits per heavy atom. The Balaban J connectivity index is 2.00. The molecule has 0 unspecified atom stereocenters. The van der Waals surface area contributed by atoms with E-state index in [1.165, 1.54) is 0 Å². The first kappa shape index (κ1) is 13.8. The monoisotopic (exact) mass is 321 g/mol. The normalized spacial score (nSPS) is 10.3. The molecule has 1 N–H and O–H groups in total. The van der Waals surface area contributed by atoms with Gasteiger partial charge in [0.05, 0.1) is 18.1 Å². The minimum Gasteiger partial charge on any atom is -0.487 e. The number of anilines is 1. The number of halogens is 1. The fraction of sp³-hybridized carbons (Fsp3) is 0.286. The van der Waals surface area contributed by atoms with Gasteiger partial charge in [-0.15, -0.1) is 0 Å². The first-order valence-corrected chi connectivity index (χ1v) is 6.92. The zero-order valence-corrected chi connectivity index (χ0v) is 12.6. The maximum atomic E-state index is 5.75. The summed E-state index contributed by atoms with van der Waals surface area (Å²) in [5.74, 6) is 1.64. The van der Waals surface area contributed by atoms with Crippen molar-refractivity contribution in [2.75, 3.05) is 11.9 Å². The zero-order valence-electron chi connectivity index (χ0n) is 11.0. The molecule has 0 aliphatic rings. The molecule has 0 fully saturated rings. The molecule has 0 atom stereocenters. The van der Waals surface area contributed by atoms with Gasteiger partial charge in [0.25, 0.3) is 0 Å². The Kier molecular flexibility index (Phi) is 4.74. The van der Waals surface area contributed by atoms with Gasteiger partial charge in [-0.3, -0.25) is 4.98 Å². The molecule has 2 aromatic rings. The summed E-state index contributed by atoms with van der Waals surface area (Å²) >= 11 is 3.43. The number of ether oxygens (including phenoxy) is 1. The molecule has 19 heavy (non-hydrogen) atoms. The molecule has 5 heteroatoms. The van der Waals surface area contributed by atoms with Crippen LogP contribution in [0.1, 0.15) is 18.2 Å². The second-order valence-corrected chi connectivity index (χ2v) is 5.04. The molecule has 4 nitrogen and oxygen atoms in total. The SMILES string of the molecule is CCNc1cnc(COc2cc(Br)ccc2C)cn1. The largest absolute Gasteiger partial charge is 0.487 e. The van der Waals surface area contributed by atoms with Gasteiger partial charge in [0, 0.05) is 11.0 Å². The van der Waals surface area contributed by atoms with E-state index in [0.29, 0.717) is 6.61 Å². The Morgan fingerprint density at radius 3 is 2.79 bits per heavy atom. The summed E-state index contributed by atoms with van der Waals surface area (Å²) in [6.07, 6.45) is 3.45. The highest BCUT2D eigenvalue weighted by atomic mass is 79.9. The highest BCUT2D eigenvalue weighted by molar-refractivity contribution is 9.10. The summed E-state index contributed by atoms with van der Waals surface area (Å²) in [7, 11) is 0. The summed E-state index contributed by atoms with van der Waals surface area (Å²) in [6, 6.07) is 5.96. The van der Waals surface area contributed by atoms with Gasteiger partial charge in [0.15, 0.2) is 0 Å². The fourth-order valence-corrected chi connectivity index (χ4v) is 1.92. The van der Waals surface area contributed by atoms with Gasteiger partial charge in [-0.25, -0.2) is 4.98 Å². The van der Waals surface area contributed by atoms with Crippen molar-refractivity contribution in [3.05, 3.63) is 46.3 Å². The molecule has 0 radical (unpaired) electrons. The van der Waals surface area contributed by atoms with Crippen molar-refractivity contribution in [3.63, 3.8) is 0 Å². The van der Waals surface area contributed by atoms with Gasteiger partial charge < -0.3 is 10.1 Å². The van der Waals surface area contributed by atoms with Crippen molar-refractivity contribution < 1.29 is 4.74 Å². The van der Waals surface area contributed by atoms with Gasteiger partial charge in [-0.1, -0.05) is 22.0 Å². The van der Waals surface area contributed by atoms with Crippen LogP contribution in [0.4, 0.5) is 5.82 Å². The van der Waals surface area contributed by atoms with E-state index < -0.39 is 0 Å². The van der Waals surface area contributed by atoms with E-state index in [2.05, 4.69) is 31.2 Å². The summed E-state index contributed by atoms with van der Waals surface area (Å²) in [4.78, 5) is 8.56. The number of hydrogen-bond acceptors (Lipinski definition) is 4. The number of aryl methyl sites for hydroxylation is 1. The van der Waals surface area contributed by atoms with Crippen LogP contribution < -0.4 is 10.1 Å². The minimum absolute atomic E-state index is 0.413. The summed E-state index contributed by atoms with van der Waals surface area (Å²) < 4.78 is 6.75. The third-order valence-corrected chi connectivity index (χ3v) is 3.08. The Morgan fingerprint density at radius 1 is 1.26 bits per heavy atom. The Bertz CT molecular complexity index is 543. The smallest absolute Gasteiger partial charge is 0.144 e. The van der Waals surface area contributed by atoms with Crippen LogP contribution in [-0.2, 0) is 6.61 Å². The first-order chi connectivity index (χ1) is 9.19. The van der Waals surface area contributed by atoms with Crippen molar-refractivity contribution in [2.24, 2.45) is 0 Å². The van der Waals surface area contributed by atoms with E-state index in [0.717, 1.165) is 33.8 Å². The summed E-state index contributed by atoms with van der Waals surface area (Å²) in [5, 5.41) is 3.10. The van der Waals surface area contributed by atoms with E-state index in [4.69, 9.17) is 4.74 Å². The first-order valence-electron chi connectivity index (χ1n) is 6.12. The quantitative estimate of drug-likeness (QED) is 0.914. The van der Waals surface area contributed by atoms with Crippen LogP contribution in [-0.4, -0.2) is 16.5 Å². The molecule has 1 heterocycles. The predicted octanol–water partition coefficient (Wildman–Crippen LogP) is 3.56. The van der Waals surface area contributed by atoms with Crippen LogP contribution in [0.5, 0.6) is 5.75 Å². The molecular weight excluding hydrogens is 306 g/mol. The third kappa shape index (κ3) is 3.92. The highest BCUT2D eigenvalue weighted by Crippen LogP contribution is 2.23. The van der Waals surface area contributed by atoms with Crippen molar-refractivity contribution in [1.29, 1.82) is 0 Å². The third-order valence-electron chi connectivity index (χ3n) is 2.59. The van der Waals surface area contributed by atoms with Gasteiger partial charge in [-0.05, 0) is 31.5 Å². The van der Waals surface area contributed by atoms with E-state index >= 15 is 0 Å². The molecule has 0 spiro atoms. The van der Waals surface area contributed by atoms with E-state index in [1.807, 2.05) is 32.0 Å². The molecule has 2 rings (SSSR count). The van der Waals surface area contributed by atoms with Crippen molar-refractivity contribution >= 4 is 21.7 Å². The summed E-state index contributed by atoms with van der Waals surface area (Å²) in [5.41, 5.74) is 1.90. The van der Waals surface area contributed by atoms with Crippen LogP contribution >= 0.6 is 15.9 Å². The number of hydrogen-bond donors (Lipinski definition) is 1. The average Bonchev–Trinajstić information content (AvgIpc) is 2.42. The minimum atomic E-state index is 0.413. The van der Waals surface area contributed by atoms with Crippen molar-refractivity contribution in [3.8, 4) is 5.75 Å². The van der Waals surface area contributed by atoms with Gasteiger partial charge in [0.2, 0.25) is 0 Å². The molecule has 100 valence electrons. The van der Waals surface area contributed by atoms with Gasteiger partial charge >= 0.3 is 0 Å². The van der Waals surface area contributed by atoms with Crippen LogP contribution in [0.2, 0.25) is 0 Å². The maximum absolute atomic E-state index is 5.75. The number of benzene rings is 1. The second kappa shape index (κ2) is 6.52. The van der Waals surface area contributed by atoms with Gasteiger partial charge in [0.1, 0.15) is 18.2 Å². The Hall–Kier alpha value is -1.62. The second-order valence-electron chi connectivity index (χ2n) is 4.12. The lowest BCUT2D eigenvalue weighted by Crippen LogP contribution is -2.03. The van der Waals surface area contributed by atoms with Crippen LogP contribution in [0.25, 0.3) is 0 Å². The number of rotatable bonds is 5. The highest BCUT2D eigenvalue weighted by Gasteiger charge is 2.02. The lowest BCUT2D eigenvalue weighted by molar-refractivity contribution is 0.298. The van der Waals surface area contributed by atoms with Crippen LogP contribution in [0.3, 0.4) is 0 Å². The zero-order chi connectivity index (χ0) is 13.7. The van der Waals surface area contributed by atoms with Crippen LogP contribution in [0, 0.1) is 6.92 Å². The summed E-state index contributed by atoms with van der Waals surface area (Å²) in [6.45, 7) is 5.29. The molecule has 0 saturated heterocycles. The number of aromatic nitrogens is 2. The number of nitrogens with zero attached hydrogens (tertiary/aromatic N) is 2. The maximum Gasteiger partial charge on any atom is 0.144 e. The Labute approximate surface area is 121 Å². The molecule has 0 amide bonds. The van der Waals surface area contributed by atoms with Gasteiger partial charge in [-0.2, -0.15) is 0 Å². The molecule has 1 aromatic carbocycles. The lowest BCUT2D eigenvalue weighted by atomic mass is 10.2. The van der Waals surface area contributed by atoms with E-state index in [-0.39, 0.29) is 0 Å². The predicted molar refractivity (Wildman–Crippen MR) is 79.4 cm³/mol. The molecule has 0 aliphatic carbocycles. The standard InChI is InChI=1S/C14H16BrN3O/c1-3-16-14-8-17-12(7-18-14)9-19-13-6-11(15)5-4-10(13)2/h4-8H,3,9H2,1-2H3,(H,16,18). The molecule has 0 saturated carbocycles. The van der Waals surface area contributed by atoms with E-state index in [1.54, 1.807) is 12.4 Å².